The van der Waals surface area contributed by atoms with Crippen LogP contribution in [-0.4, -0.2) is 57.2 Å². The standard InChI is InChI=1S/C16H24N6O/c1-13(23)20(2)15-14-11-19-22(16(14)18-12-17-15)10-9-21-7-5-3-4-6-8-21/h11-12H,3-10H2,1-2H3. The maximum absolute atomic E-state index is 11.6. The normalized spacial score (nSPS) is 16.4. The van der Waals surface area contributed by atoms with Gasteiger partial charge in [-0.15, -0.1) is 0 Å². The van der Waals surface area contributed by atoms with Gasteiger partial charge >= 0.3 is 0 Å². The second-order valence-electron chi connectivity index (χ2n) is 6.14. The van der Waals surface area contributed by atoms with Gasteiger partial charge in [0, 0.05) is 20.5 Å². The van der Waals surface area contributed by atoms with E-state index in [4.69, 9.17) is 0 Å². The number of carbonyl (C=O) groups excluding carboxylic acids is 1. The van der Waals surface area contributed by atoms with Crippen molar-refractivity contribution in [3.05, 3.63) is 12.5 Å². The molecule has 0 N–H and O–H groups in total. The Bertz CT molecular complexity index is 674. The van der Waals surface area contributed by atoms with E-state index in [1.165, 1.54) is 56.9 Å². The molecule has 7 nitrogen and oxygen atoms in total. The summed E-state index contributed by atoms with van der Waals surface area (Å²) in [5.74, 6) is 0.561. The van der Waals surface area contributed by atoms with E-state index in [0.29, 0.717) is 5.82 Å². The average Bonchev–Trinajstić information content (AvgIpc) is 2.79. The molecule has 1 fully saturated rings. The van der Waals surface area contributed by atoms with Crippen molar-refractivity contribution in [2.45, 2.75) is 39.2 Å². The topological polar surface area (TPSA) is 67.2 Å². The Hall–Kier alpha value is -2.02. The van der Waals surface area contributed by atoms with E-state index in [-0.39, 0.29) is 5.91 Å². The Morgan fingerprint density at radius 1 is 1.17 bits per heavy atom. The number of likely N-dealkylation sites (tertiary alicyclic amines) is 1. The number of hydrogen-bond donors (Lipinski definition) is 0. The van der Waals surface area contributed by atoms with Crippen molar-refractivity contribution in [2.24, 2.45) is 0 Å². The Labute approximate surface area is 136 Å². The van der Waals surface area contributed by atoms with Crippen molar-refractivity contribution >= 4 is 22.8 Å². The SMILES string of the molecule is CC(=O)N(C)c1ncnc2c1cnn2CCN1CCCCCC1. The molecular formula is C16H24N6O. The molecule has 124 valence electrons. The maximum Gasteiger partial charge on any atom is 0.224 e. The molecule has 0 unspecified atom stereocenters. The van der Waals surface area contributed by atoms with E-state index < -0.39 is 0 Å². The highest BCUT2D eigenvalue weighted by atomic mass is 16.2. The van der Waals surface area contributed by atoms with E-state index in [0.717, 1.165) is 24.1 Å². The summed E-state index contributed by atoms with van der Waals surface area (Å²) in [5.41, 5.74) is 0.790. The van der Waals surface area contributed by atoms with Gasteiger partial charge in [-0.05, 0) is 25.9 Å². The summed E-state index contributed by atoms with van der Waals surface area (Å²) in [6, 6.07) is 0. The summed E-state index contributed by atoms with van der Waals surface area (Å²) in [7, 11) is 1.72. The first-order valence-corrected chi connectivity index (χ1v) is 8.30. The lowest BCUT2D eigenvalue weighted by Gasteiger charge is -2.19. The van der Waals surface area contributed by atoms with Crippen molar-refractivity contribution in [3.8, 4) is 0 Å². The summed E-state index contributed by atoms with van der Waals surface area (Å²) >= 11 is 0. The van der Waals surface area contributed by atoms with Crippen molar-refractivity contribution in [1.29, 1.82) is 0 Å². The zero-order chi connectivity index (χ0) is 16.2. The molecule has 0 aliphatic carbocycles. The Kier molecular flexibility index (Phi) is 4.85. The minimum absolute atomic E-state index is 0.0534. The van der Waals surface area contributed by atoms with Crippen LogP contribution in [0.1, 0.15) is 32.6 Å². The predicted octanol–water partition coefficient (Wildman–Crippen LogP) is 1.68. The minimum atomic E-state index is -0.0534. The molecule has 7 heteroatoms. The highest BCUT2D eigenvalue weighted by Crippen LogP contribution is 2.21. The van der Waals surface area contributed by atoms with Gasteiger partial charge in [0.25, 0.3) is 0 Å². The van der Waals surface area contributed by atoms with Crippen LogP contribution in [0, 0.1) is 0 Å². The number of nitrogens with zero attached hydrogens (tertiary/aromatic N) is 6. The predicted molar refractivity (Wildman–Crippen MR) is 89.3 cm³/mol. The van der Waals surface area contributed by atoms with Crippen molar-refractivity contribution in [3.63, 3.8) is 0 Å². The number of hydrogen-bond acceptors (Lipinski definition) is 5. The number of rotatable bonds is 4. The first kappa shape index (κ1) is 15.9. The monoisotopic (exact) mass is 316 g/mol. The number of fused-ring (bicyclic) bond motifs is 1. The van der Waals surface area contributed by atoms with Crippen LogP contribution in [0.2, 0.25) is 0 Å². The van der Waals surface area contributed by atoms with Crippen LogP contribution in [0.3, 0.4) is 0 Å². The molecule has 0 saturated carbocycles. The number of carbonyl (C=O) groups is 1. The van der Waals surface area contributed by atoms with Gasteiger partial charge in [0.05, 0.1) is 18.1 Å². The fourth-order valence-corrected chi connectivity index (χ4v) is 3.06. The molecule has 1 amide bonds. The van der Waals surface area contributed by atoms with Gasteiger partial charge in [-0.2, -0.15) is 5.10 Å². The summed E-state index contributed by atoms with van der Waals surface area (Å²) in [5, 5.41) is 5.28. The highest BCUT2D eigenvalue weighted by Gasteiger charge is 2.16. The molecule has 0 radical (unpaired) electrons. The van der Waals surface area contributed by atoms with E-state index in [1.807, 2.05) is 4.68 Å². The second kappa shape index (κ2) is 7.04. The van der Waals surface area contributed by atoms with Gasteiger partial charge in [0.2, 0.25) is 5.91 Å². The molecule has 0 aromatic carbocycles. The molecule has 1 aliphatic heterocycles. The van der Waals surface area contributed by atoms with Gasteiger partial charge in [0.1, 0.15) is 12.1 Å². The fourth-order valence-electron chi connectivity index (χ4n) is 3.06. The molecule has 3 heterocycles. The Balaban J connectivity index is 1.77. The molecular weight excluding hydrogens is 292 g/mol. The third-order valence-electron chi connectivity index (χ3n) is 4.53. The van der Waals surface area contributed by atoms with Crippen LogP contribution in [-0.2, 0) is 11.3 Å². The van der Waals surface area contributed by atoms with Crippen LogP contribution in [0.25, 0.3) is 11.0 Å². The van der Waals surface area contributed by atoms with Crippen LogP contribution < -0.4 is 4.90 Å². The van der Waals surface area contributed by atoms with Crippen molar-refractivity contribution in [2.75, 3.05) is 31.6 Å². The highest BCUT2D eigenvalue weighted by molar-refractivity contribution is 5.98. The summed E-state index contributed by atoms with van der Waals surface area (Å²) in [6.45, 7) is 5.67. The largest absolute Gasteiger partial charge is 0.301 e. The fraction of sp³-hybridized carbons (Fsp3) is 0.625. The van der Waals surface area contributed by atoms with E-state index >= 15 is 0 Å². The lowest BCUT2D eigenvalue weighted by atomic mass is 10.2. The van der Waals surface area contributed by atoms with Gasteiger partial charge in [0.15, 0.2) is 5.65 Å². The van der Waals surface area contributed by atoms with E-state index in [2.05, 4.69) is 20.0 Å². The lowest BCUT2D eigenvalue weighted by Crippen LogP contribution is -2.28. The van der Waals surface area contributed by atoms with Gasteiger partial charge < -0.3 is 4.90 Å². The van der Waals surface area contributed by atoms with Crippen LogP contribution in [0.4, 0.5) is 5.82 Å². The number of aromatic nitrogens is 4. The molecule has 2 aromatic rings. The lowest BCUT2D eigenvalue weighted by molar-refractivity contribution is -0.116. The Morgan fingerprint density at radius 3 is 2.61 bits per heavy atom. The third-order valence-corrected chi connectivity index (χ3v) is 4.53. The molecule has 2 aromatic heterocycles. The second-order valence-corrected chi connectivity index (χ2v) is 6.14. The zero-order valence-electron chi connectivity index (χ0n) is 13.9. The number of amides is 1. The molecule has 23 heavy (non-hydrogen) atoms. The quantitative estimate of drug-likeness (QED) is 0.858. The first-order chi connectivity index (χ1) is 11.2. The smallest absolute Gasteiger partial charge is 0.224 e. The molecule has 1 aliphatic rings. The van der Waals surface area contributed by atoms with Crippen molar-refractivity contribution < 1.29 is 4.79 Å². The first-order valence-electron chi connectivity index (χ1n) is 8.30. The van der Waals surface area contributed by atoms with Crippen molar-refractivity contribution in [1.82, 2.24) is 24.6 Å². The third kappa shape index (κ3) is 3.50. The molecule has 0 spiro atoms. The molecule has 1 saturated heterocycles. The minimum Gasteiger partial charge on any atom is -0.301 e. The van der Waals surface area contributed by atoms with Crippen LogP contribution in [0.5, 0.6) is 0 Å². The summed E-state index contributed by atoms with van der Waals surface area (Å²) in [6.07, 6.45) is 8.52. The molecule has 0 atom stereocenters. The molecule has 3 rings (SSSR count). The van der Waals surface area contributed by atoms with E-state index in [9.17, 15) is 4.79 Å². The maximum atomic E-state index is 11.6. The van der Waals surface area contributed by atoms with Crippen LogP contribution in [0.15, 0.2) is 12.5 Å². The van der Waals surface area contributed by atoms with Gasteiger partial charge in [-0.25, -0.2) is 14.6 Å². The summed E-state index contributed by atoms with van der Waals surface area (Å²) < 4.78 is 1.92. The zero-order valence-corrected chi connectivity index (χ0v) is 13.9. The average molecular weight is 316 g/mol. The Morgan fingerprint density at radius 2 is 1.91 bits per heavy atom. The van der Waals surface area contributed by atoms with E-state index in [1.54, 1.807) is 13.2 Å². The van der Waals surface area contributed by atoms with Crippen LogP contribution >= 0.6 is 0 Å². The molecule has 0 bridgehead atoms. The van der Waals surface area contributed by atoms with Gasteiger partial charge in [-0.1, -0.05) is 12.8 Å². The number of anilines is 1. The van der Waals surface area contributed by atoms with Gasteiger partial charge in [-0.3, -0.25) is 9.69 Å². The summed E-state index contributed by atoms with van der Waals surface area (Å²) in [4.78, 5) is 24.2.